The number of anilines is 1. The molecule has 0 saturated carbocycles. The summed E-state index contributed by atoms with van der Waals surface area (Å²) < 4.78 is 0. The molecule has 0 aromatic carbocycles. The van der Waals surface area contributed by atoms with Gasteiger partial charge >= 0.3 is 0 Å². The minimum atomic E-state index is -0.187. The van der Waals surface area contributed by atoms with Crippen LogP contribution in [0.4, 0.5) is 5.00 Å². The maximum Gasteiger partial charge on any atom is 0.268 e. The van der Waals surface area contributed by atoms with Gasteiger partial charge in [0, 0.05) is 11.4 Å². The number of aromatic nitrogens is 1. The summed E-state index contributed by atoms with van der Waals surface area (Å²) in [7, 11) is 0. The van der Waals surface area contributed by atoms with Crippen molar-refractivity contribution in [1.82, 2.24) is 10.3 Å². The van der Waals surface area contributed by atoms with Crippen LogP contribution in [-0.4, -0.2) is 17.4 Å². The lowest BCUT2D eigenvalue weighted by molar-refractivity contribution is 0.103. The second-order valence-electron chi connectivity index (χ2n) is 4.47. The van der Waals surface area contributed by atoms with Gasteiger partial charge in [-0.25, -0.2) is 4.98 Å². The number of aryl methyl sites for hydroxylation is 1. The van der Waals surface area contributed by atoms with E-state index in [1.165, 1.54) is 22.7 Å². The van der Waals surface area contributed by atoms with Crippen LogP contribution in [0.2, 0.25) is 0 Å². The molecule has 102 valence electrons. The van der Waals surface area contributed by atoms with Gasteiger partial charge in [0.25, 0.3) is 5.91 Å². The van der Waals surface area contributed by atoms with E-state index < -0.39 is 0 Å². The third-order valence-electron chi connectivity index (χ3n) is 3.22. The van der Waals surface area contributed by atoms with Gasteiger partial charge in [0.2, 0.25) is 0 Å². The number of nitrogens with zero attached hydrogens (tertiary/aromatic N) is 2. The number of hydrogen-bond donors (Lipinski definition) is 2. The number of nitriles is 1. The van der Waals surface area contributed by atoms with Crippen molar-refractivity contribution < 1.29 is 4.79 Å². The maximum atomic E-state index is 12.2. The lowest BCUT2D eigenvalue weighted by Crippen LogP contribution is -2.22. The average Bonchev–Trinajstić information content (AvgIpc) is 3.01. The first-order valence-electron chi connectivity index (χ1n) is 6.17. The lowest BCUT2D eigenvalue weighted by atomic mass is 10.1. The monoisotopic (exact) mass is 304 g/mol. The highest BCUT2D eigenvalue weighted by atomic mass is 32.1. The number of carbonyl (C=O) groups is 1. The van der Waals surface area contributed by atoms with Gasteiger partial charge in [-0.2, -0.15) is 5.26 Å². The van der Waals surface area contributed by atoms with E-state index in [1.807, 2.05) is 0 Å². The standard InChI is InChI=1S/C13H12N4OS2/c1-7-11(19-6-16-7)12(18)17-13-9(4-14)8-2-3-15-5-10(8)20-13/h6,15H,2-3,5H2,1H3,(H,17,18). The van der Waals surface area contributed by atoms with Crippen LogP contribution in [0.3, 0.4) is 0 Å². The predicted octanol–water partition coefficient (Wildman–Crippen LogP) is 2.28. The topological polar surface area (TPSA) is 77.8 Å². The smallest absolute Gasteiger partial charge is 0.268 e. The molecule has 0 bridgehead atoms. The Kier molecular flexibility index (Phi) is 3.53. The lowest BCUT2D eigenvalue weighted by Gasteiger charge is -2.11. The fourth-order valence-electron chi connectivity index (χ4n) is 2.22. The Hall–Kier alpha value is -1.75. The number of carbonyl (C=O) groups excluding carboxylic acids is 1. The fraction of sp³-hybridized carbons (Fsp3) is 0.308. The first-order chi connectivity index (χ1) is 9.70. The molecule has 3 heterocycles. The van der Waals surface area contributed by atoms with Crippen molar-refractivity contribution >= 4 is 33.6 Å². The molecule has 7 heteroatoms. The van der Waals surface area contributed by atoms with Gasteiger partial charge in [0.15, 0.2) is 0 Å². The largest absolute Gasteiger partial charge is 0.312 e. The van der Waals surface area contributed by atoms with Crippen LogP contribution in [0, 0.1) is 18.3 Å². The predicted molar refractivity (Wildman–Crippen MR) is 79.2 cm³/mol. The minimum absolute atomic E-state index is 0.187. The first-order valence-corrected chi connectivity index (χ1v) is 7.87. The summed E-state index contributed by atoms with van der Waals surface area (Å²) in [5, 5.41) is 16.1. The molecule has 0 spiro atoms. The van der Waals surface area contributed by atoms with Crippen LogP contribution in [-0.2, 0) is 13.0 Å². The van der Waals surface area contributed by atoms with Crippen molar-refractivity contribution in [3.05, 3.63) is 32.1 Å². The number of rotatable bonds is 2. The molecule has 0 radical (unpaired) electrons. The highest BCUT2D eigenvalue weighted by molar-refractivity contribution is 7.17. The van der Waals surface area contributed by atoms with E-state index in [0.29, 0.717) is 21.1 Å². The van der Waals surface area contributed by atoms with E-state index in [0.717, 1.165) is 30.0 Å². The molecular weight excluding hydrogens is 292 g/mol. The normalized spacial score (nSPS) is 13.6. The number of thiazole rings is 1. The Labute approximate surface area is 124 Å². The summed E-state index contributed by atoms with van der Waals surface area (Å²) in [5.74, 6) is -0.187. The van der Waals surface area contributed by atoms with Crippen LogP contribution in [0.25, 0.3) is 0 Å². The van der Waals surface area contributed by atoms with Gasteiger partial charge in [-0.1, -0.05) is 0 Å². The van der Waals surface area contributed by atoms with Crippen molar-refractivity contribution in [2.75, 3.05) is 11.9 Å². The third-order valence-corrected chi connectivity index (χ3v) is 5.29. The van der Waals surface area contributed by atoms with Crippen LogP contribution >= 0.6 is 22.7 Å². The highest BCUT2D eigenvalue weighted by Crippen LogP contribution is 2.35. The van der Waals surface area contributed by atoms with Crippen LogP contribution in [0.1, 0.15) is 31.4 Å². The summed E-state index contributed by atoms with van der Waals surface area (Å²) in [6, 6.07) is 2.22. The van der Waals surface area contributed by atoms with Gasteiger partial charge in [-0.15, -0.1) is 22.7 Å². The summed E-state index contributed by atoms with van der Waals surface area (Å²) in [5.41, 5.74) is 4.06. The van der Waals surface area contributed by atoms with E-state index in [1.54, 1.807) is 12.4 Å². The molecule has 2 aromatic rings. The molecule has 0 saturated heterocycles. The molecule has 2 aromatic heterocycles. The summed E-state index contributed by atoms with van der Waals surface area (Å²) in [4.78, 5) is 18.0. The molecule has 0 fully saturated rings. The highest BCUT2D eigenvalue weighted by Gasteiger charge is 2.22. The van der Waals surface area contributed by atoms with E-state index in [2.05, 4.69) is 21.7 Å². The van der Waals surface area contributed by atoms with Gasteiger partial charge in [-0.3, -0.25) is 4.79 Å². The van der Waals surface area contributed by atoms with Gasteiger partial charge in [-0.05, 0) is 25.5 Å². The molecule has 1 aliphatic rings. The van der Waals surface area contributed by atoms with Gasteiger partial charge in [0.05, 0.1) is 16.8 Å². The zero-order valence-corrected chi connectivity index (χ0v) is 12.5. The third kappa shape index (κ3) is 2.22. The molecule has 5 nitrogen and oxygen atoms in total. The molecule has 0 unspecified atom stereocenters. The molecule has 2 N–H and O–H groups in total. The summed E-state index contributed by atoms with van der Waals surface area (Å²) >= 11 is 2.80. The van der Waals surface area contributed by atoms with Crippen molar-refractivity contribution in [1.29, 1.82) is 5.26 Å². The molecule has 0 aliphatic carbocycles. The Morgan fingerprint density at radius 2 is 2.45 bits per heavy atom. The number of amides is 1. The molecule has 0 atom stereocenters. The quantitative estimate of drug-likeness (QED) is 0.892. The van der Waals surface area contributed by atoms with Crippen molar-refractivity contribution in [3.63, 3.8) is 0 Å². The molecule has 3 rings (SSSR count). The second-order valence-corrected chi connectivity index (χ2v) is 6.43. The summed E-state index contributed by atoms with van der Waals surface area (Å²) in [6.45, 7) is 3.45. The van der Waals surface area contributed by atoms with E-state index in [9.17, 15) is 10.1 Å². The minimum Gasteiger partial charge on any atom is -0.312 e. The molecule has 1 aliphatic heterocycles. The van der Waals surface area contributed by atoms with Crippen molar-refractivity contribution in [2.45, 2.75) is 19.9 Å². The number of fused-ring (bicyclic) bond motifs is 1. The number of thiophene rings is 1. The maximum absolute atomic E-state index is 12.2. The Bertz CT molecular complexity index is 711. The fourth-order valence-corrected chi connectivity index (χ4v) is 4.08. The van der Waals surface area contributed by atoms with Crippen LogP contribution < -0.4 is 10.6 Å². The van der Waals surface area contributed by atoms with Crippen LogP contribution in [0.15, 0.2) is 5.51 Å². The SMILES string of the molecule is Cc1ncsc1C(=O)Nc1sc2c(c1C#N)CCNC2. The number of hydrogen-bond acceptors (Lipinski definition) is 6. The van der Waals surface area contributed by atoms with E-state index in [-0.39, 0.29) is 5.91 Å². The van der Waals surface area contributed by atoms with Gasteiger partial charge < -0.3 is 10.6 Å². The Morgan fingerprint density at radius 1 is 1.60 bits per heavy atom. The zero-order valence-electron chi connectivity index (χ0n) is 10.8. The second kappa shape index (κ2) is 5.32. The average molecular weight is 304 g/mol. The van der Waals surface area contributed by atoms with Gasteiger partial charge in [0.1, 0.15) is 15.9 Å². The molecule has 1 amide bonds. The molecule has 20 heavy (non-hydrogen) atoms. The Balaban J connectivity index is 1.92. The number of nitrogens with one attached hydrogen (secondary N) is 2. The molecular formula is C13H12N4OS2. The summed E-state index contributed by atoms with van der Waals surface area (Å²) in [6.07, 6.45) is 0.837. The van der Waals surface area contributed by atoms with Crippen molar-refractivity contribution in [2.24, 2.45) is 0 Å². The first kappa shape index (κ1) is 13.2. The van der Waals surface area contributed by atoms with E-state index in [4.69, 9.17) is 0 Å². The Morgan fingerprint density at radius 3 is 3.15 bits per heavy atom. The van der Waals surface area contributed by atoms with Crippen molar-refractivity contribution in [3.8, 4) is 6.07 Å². The van der Waals surface area contributed by atoms with E-state index >= 15 is 0 Å². The zero-order chi connectivity index (χ0) is 14.1. The van der Waals surface area contributed by atoms with Crippen LogP contribution in [0.5, 0.6) is 0 Å².